The highest BCUT2D eigenvalue weighted by Crippen LogP contribution is 2.47. The Bertz CT molecular complexity index is 524. The van der Waals surface area contributed by atoms with Crippen LogP contribution >= 0.6 is 24.8 Å². The van der Waals surface area contributed by atoms with Crippen LogP contribution in [0.25, 0.3) is 0 Å². The summed E-state index contributed by atoms with van der Waals surface area (Å²) in [6, 6.07) is 10.6. The second-order valence-corrected chi connectivity index (χ2v) is 7.07. The Kier molecular flexibility index (Phi) is 8.00. The number of carbonyl (C=O) groups is 1. The van der Waals surface area contributed by atoms with Gasteiger partial charge in [-0.1, -0.05) is 30.3 Å². The maximum atomic E-state index is 12.6. The van der Waals surface area contributed by atoms with Crippen LogP contribution in [0.15, 0.2) is 30.3 Å². The quantitative estimate of drug-likeness (QED) is 0.833. The summed E-state index contributed by atoms with van der Waals surface area (Å²) in [5.41, 5.74) is 7.50. The lowest BCUT2D eigenvalue weighted by molar-refractivity contribution is -0.127. The van der Waals surface area contributed by atoms with Gasteiger partial charge in [-0.3, -0.25) is 4.79 Å². The number of nitrogens with zero attached hydrogens (tertiary/aromatic N) is 1. The molecule has 3 rings (SSSR count). The van der Waals surface area contributed by atoms with Gasteiger partial charge >= 0.3 is 0 Å². The van der Waals surface area contributed by atoms with E-state index in [1.165, 1.54) is 18.4 Å². The van der Waals surface area contributed by atoms with Crippen molar-refractivity contribution in [1.29, 1.82) is 0 Å². The fourth-order valence-electron chi connectivity index (χ4n) is 4.31. The minimum Gasteiger partial charge on any atom is -0.354 e. The summed E-state index contributed by atoms with van der Waals surface area (Å²) in [4.78, 5) is 14.7. The Morgan fingerprint density at radius 2 is 1.83 bits per heavy atom. The molecule has 1 aromatic rings. The topological polar surface area (TPSA) is 58.4 Å². The Balaban J connectivity index is 0.00000144. The molecule has 5 atom stereocenters. The Hall–Kier alpha value is -0.810. The highest BCUT2D eigenvalue weighted by atomic mass is 35.5. The van der Waals surface area contributed by atoms with Crippen LogP contribution in [-0.4, -0.2) is 37.5 Å². The normalized spacial score (nSPS) is 28.8. The molecule has 2 bridgehead atoms. The zero-order valence-electron chi connectivity index (χ0n) is 14.4. The number of fused-ring (bicyclic) bond motifs is 2. The number of hydrogen-bond donors (Lipinski definition) is 2. The number of rotatable bonds is 5. The van der Waals surface area contributed by atoms with Gasteiger partial charge in [-0.15, -0.1) is 24.8 Å². The fourth-order valence-corrected chi connectivity index (χ4v) is 4.31. The maximum Gasteiger partial charge on any atom is 0.225 e. The molecule has 0 heterocycles. The van der Waals surface area contributed by atoms with Gasteiger partial charge in [0.05, 0.1) is 12.0 Å². The lowest BCUT2D eigenvalue weighted by Crippen LogP contribution is -2.46. The molecular formula is C18H29Cl2N3O. The Morgan fingerprint density at radius 1 is 1.21 bits per heavy atom. The van der Waals surface area contributed by atoms with E-state index in [0.29, 0.717) is 18.4 Å². The molecule has 1 amide bonds. The zero-order chi connectivity index (χ0) is 15.7. The van der Waals surface area contributed by atoms with Crippen molar-refractivity contribution in [1.82, 2.24) is 10.2 Å². The van der Waals surface area contributed by atoms with Crippen LogP contribution < -0.4 is 11.1 Å². The predicted octanol–water partition coefficient (Wildman–Crippen LogP) is 2.62. The number of nitrogens with one attached hydrogen (secondary N) is 1. The monoisotopic (exact) mass is 373 g/mol. The number of carbonyl (C=O) groups excluding carboxylic acids is 1. The van der Waals surface area contributed by atoms with Crippen LogP contribution in [0, 0.1) is 17.8 Å². The van der Waals surface area contributed by atoms with E-state index in [9.17, 15) is 4.79 Å². The molecule has 3 N–H and O–H groups in total. The van der Waals surface area contributed by atoms with Crippen LogP contribution in [-0.2, 0) is 4.79 Å². The number of nitrogens with two attached hydrogens (primary N) is 1. The number of halogens is 2. The van der Waals surface area contributed by atoms with E-state index in [4.69, 9.17) is 5.73 Å². The molecule has 24 heavy (non-hydrogen) atoms. The molecule has 2 saturated carbocycles. The van der Waals surface area contributed by atoms with Crippen LogP contribution in [0.1, 0.15) is 30.9 Å². The van der Waals surface area contributed by atoms with Gasteiger partial charge < -0.3 is 16.0 Å². The number of benzene rings is 1. The predicted molar refractivity (Wildman–Crippen MR) is 103 cm³/mol. The molecular weight excluding hydrogens is 345 g/mol. The third-order valence-corrected chi connectivity index (χ3v) is 5.56. The summed E-state index contributed by atoms with van der Waals surface area (Å²) in [5.74, 6) is 1.26. The third kappa shape index (κ3) is 4.23. The summed E-state index contributed by atoms with van der Waals surface area (Å²) in [5, 5.41) is 3.16. The SMILES string of the molecule is CN(C)C(CNC(=O)C1C2CCC(C2)C1N)c1ccccc1.Cl.Cl. The molecule has 0 aromatic heterocycles. The van der Waals surface area contributed by atoms with Crippen molar-refractivity contribution in [2.45, 2.75) is 31.3 Å². The van der Waals surface area contributed by atoms with Gasteiger partial charge in [-0.25, -0.2) is 0 Å². The summed E-state index contributed by atoms with van der Waals surface area (Å²) in [6.07, 6.45) is 3.53. The van der Waals surface area contributed by atoms with Gasteiger partial charge in [0.15, 0.2) is 0 Å². The van der Waals surface area contributed by atoms with Crippen molar-refractivity contribution in [3.63, 3.8) is 0 Å². The first-order chi connectivity index (χ1) is 10.6. The molecule has 2 aliphatic rings. The van der Waals surface area contributed by atoms with E-state index < -0.39 is 0 Å². The number of hydrogen-bond acceptors (Lipinski definition) is 3. The second kappa shape index (κ2) is 9.04. The minimum atomic E-state index is 0. The van der Waals surface area contributed by atoms with E-state index in [2.05, 4.69) is 22.3 Å². The van der Waals surface area contributed by atoms with Crippen molar-refractivity contribution in [2.24, 2.45) is 23.5 Å². The van der Waals surface area contributed by atoms with Crippen LogP contribution in [0.2, 0.25) is 0 Å². The molecule has 1 aromatic carbocycles. The van der Waals surface area contributed by atoms with Gasteiger partial charge in [0.2, 0.25) is 5.91 Å². The van der Waals surface area contributed by atoms with E-state index in [1.54, 1.807) is 0 Å². The number of likely N-dealkylation sites (N-methyl/N-ethyl adjacent to an activating group) is 1. The standard InChI is InChI=1S/C18H27N3O.2ClH/c1-21(2)15(12-6-4-3-5-7-12)11-20-18(22)16-13-8-9-14(10-13)17(16)19;;/h3-7,13-17H,8-11,19H2,1-2H3,(H,20,22);2*1H. The van der Waals surface area contributed by atoms with Crippen LogP contribution in [0.5, 0.6) is 0 Å². The molecule has 136 valence electrons. The average Bonchev–Trinajstić information content (AvgIpc) is 3.09. The van der Waals surface area contributed by atoms with E-state index in [0.717, 1.165) is 6.42 Å². The lowest BCUT2D eigenvalue weighted by Gasteiger charge is -2.29. The van der Waals surface area contributed by atoms with E-state index in [-0.39, 0.29) is 48.7 Å². The number of amides is 1. The Morgan fingerprint density at radius 3 is 2.38 bits per heavy atom. The highest BCUT2D eigenvalue weighted by Gasteiger charge is 2.49. The molecule has 0 radical (unpaired) electrons. The van der Waals surface area contributed by atoms with Crippen LogP contribution in [0.3, 0.4) is 0 Å². The lowest BCUT2D eigenvalue weighted by atomic mass is 9.84. The summed E-state index contributed by atoms with van der Waals surface area (Å²) in [6.45, 7) is 0.635. The molecule has 0 spiro atoms. The summed E-state index contributed by atoms with van der Waals surface area (Å²) >= 11 is 0. The van der Waals surface area contributed by atoms with Crippen molar-refractivity contribution in [3.8, 4) is 0 Å². The zero-order valence-corrected chi connectivity index (χ0v) is 16.0. The third-order valence-electron chi connectivity index (χ3n) is 5.56. The second-order valence-electron chi connectivity index (χ2n) is 7.07. The first kappa shape index (κ1) is 21.2. The smallest absolute Gasteiger partial charge is 0.225 e. The Labute approximate surface area is 157 Å². The van der Waals surface area contributed by atoms with Crippen molar-refractivity contribution < 1.29 is 4.79 Å². The van der Waals surface area contributed by atoms with Gasteiger partial charge in [0.1, 0.15) is 0 Å². The summed E-state index contributed by atoms with van der Waals surface area (Å²) < 4.78 is 0. The molecule has 0 aliphatic heterocycles. The summed E-state index contributed by atoms with van der Waals surface area (Å²) in [7, 11) is 4.10. The van der Waals surface area contributed by atoms with E-state index >= 15 is 0 Å². The fraction of sp³-hybridized carbons (Fsp3) is 0.611. The van der Waals surface area contributed by atoms with E-state index in [1.807, 2.05) is 32.3 Å². The largest absolute Gasteiger partial charge is 0.354 e. The maximum absolute atomic E-state index is 12.6. The first-order valence-corrected chi connectivity index (χ1v) is 8.32. The van der Waals surface area contributed by atoms with Crippen LogP contribution in [0.4, 0.5) is 0 Å². The average molecular weight is 374 g/mol. The molecule has 2 fully saturated rings. The van der Waals surface area contributed by atoms with Gasteiger partial charge in [0.25, 0.3) is 0 Å². The molecule has 0 saturated heterocycles. The molecule has 2 aliphatic carbocycles. The molecule has 6 heteroatoms. The highest BCUT2D eigenvalue weighted by molar-refractivity contribution is 5.85. The van der Waals surface area contributed by atoms with Crippen molar-refractivity contribution in [3.05, 3.63) is 35.9 Å². The van der Waals surface area contributed by atoms with Gasteiger partial charge in [0, 0.05) is 12.6 Å². The molecule has 5 unspecified atom stereocenters. The van der Waals surface area contributed by atoms with Crippen molar-refractivity contribution in [2.75, 3.05) is 20.6 Å². The van der Waals surface area contributed by atoms with Gasteiger partial charge in [-0.05, 0) is 50.8 Å². The first-order valence-electron chi connectivity index (χ1n) is 8.32. The molecule has 4 nitrogen and oxygen atoms in total. The van der Waals surface area contributed by atoms with Crippen molar-refractivity contribution >= 4 is 30.7 Å². The minimum absolute atomic E-state index is 0. The van der Waals surface area contributed by atoms with Gasteiger partial charge in [-0.2, -0.15) is 0 Å².